The third-order valence-electron chi connectivity index (χ3n) is 6.10. The van der Waals surface area contributed by atoms with Gasteiger partial charge < -0.3 is 19.7 Å². The van der Waals surface area contributed by atoms with Crippen molar-refractivity contribution in [2.24, 2.45) is 0 Å². The molecule has 0 saturated carbocycles. The van der Waals surface area contributed by atoms with Crippen LogP contribution in [-0.2, 0) is 19.1 Å². The van der Waals surface area contributed by atoms with Crippen LogP contribution in [0.1, 0.15) is 31.0 Å². The summed E-state index contributed by atoms with van der Waals surface area (Å²) in [6.07, 6.45) is 1.63. The van der Waals surface area contributed by atoms with Crippen LogP contribution in [0.2, 0.25) is 0 Å². The smallest absolute Gasteiger partial charge is 0.343 e. The summed E-state index contributed by atoms with van der Waals surface area (Å²) < 4.78 is 23.9. The summed E-state index contributed by atoms with van der Waals surface area (Å²) in [4.78, 5) is 39.4. The third-order valence-corrected chi connectivity index (χ3v) is 6.10. The maximum Gasteiger partial charge on any atom is 0.343 e. The molecule has 38 heavy (non-hydrogen) atoms. The average Bonchev–Trinajstić information content (AvgIpc) is 3.17. The number of nitrogens with zero attached hydrogens (tertiary/aromatic N) is 1. The van der Waals surface area contributed by atoms with E-state index in [0.29, 0.717) is 22.7 Å². The quantitative estimate of drug-likeness (QED) is 0.260. The molecule has 0 aliphatic carbocycles. The number of methoxy groups -OCH3 is 1. The fourth-order valence-corrected chi connectivity index (χ4v) is 4.16. The van der Waals surface area contributed by atoms with Gasteiger partial charge in [0, 0.05) is 11.4 Å². The Bertz CT molecular complexity index is 1400. The molecular weight excluding hydrogens is 487 g/mol. The predicted octanol–water partition coefficient (Wildman–Crippen LogP) is 4.96. The van der Waals surface area contributed by atoms with E-state index in [4.69, 9.17) is 9.47 Å². The van der Waals surface area contributed by atoms with Crippen molar-refractivity contribution in [1.82, 2.24) is 5.32 Å². The van der Waals surface area contributed by atoms with Gasteiger partial charge in [0.2, 0.25) is 5.78 Å². The first kappa shape index (κ1) is 26.3. The number of hydrogen-bond donors (Lipinski definition) is 1. The minimum atomic E-state index is -0.744. The molecule has 1 heterocycles. The zero-order valence-electron chi connectivity index (χ0n) is 21.2. The van der Waals surface area contributed by atoms with Crippen LogP contribution in [0.25, 0.3) is 6.08 Å². The largest absolute Gasteiger partial charge is 0.484 e. The summed E-state index contributed by atoms with van der Waals surface area (Å²) in [5.74, 6) is -1.43. The number of benzene rings is 3. The first-order valence-corrected chi connectivity index (χ1v) is 12.0. The first-order chi connectivity index (χ1) is 18.3. The lowest BCUT2D eigenvalue weighted by atomic mass is 10.1. The molecule has 0 spiro atoms. The second-order valence-corrected chi connectivity index (χ2v) is 8.68. The van der Waals surface area contributed by atoms with E-state index in [1.807, 2.05) is 37.3 Å². The van der Waals surface area contributed by atoms with Crippen LogP contribution in [0.15, 0.2) is 95.8 Å². The molecule has 1 amide bonds. The Morgan fingerprint density at radius 1 is 1.00 bits per heavy atom. The number of Topliss-reactive ketones (excluding diaryl/α,β-unsaturated/α-hetero) is 1. The third kappa shape index (κ3) is 5.81. The van der Waals surface area contributed by atoms with Crippen molar-refractivity contribution in [2.45, 2.75) is 19.9 Å². The summed E-state index contributed by atoms with van der Waals surface area (Å²) in [6.45, 7) is 3.38. The summed E-state index contributed by atoms with van der Waals surface area (Å²) in [5, 5.41) is 2.89. The number of anilines is 1. The summed E-state index contributed by atoms with van der Waals surface area (Å²) in [6, 6.07) is 21.9. The molecule has 1 aliphatic heterocycles. The number of carbonyl (C=O) groups excluding carboxylic acids is 3. The number of carbonyl (C=O) groups is 3. The zero-order valence-corrected chi connectivity index (χ0v) is 21.2. The molecule has 0 saturated heterocycles. The van der Waals surface area contributed by atoms with Crippen LogP contribution in [0.3, 0.4) is 0 Å². The van der Waals surface area contributed by atoms with E-state index in [1.54, 1.807) is 42.2 Å². The molecule has 0 fully saturated rings. The van der Waals surface area contributed by atoms with Crippen molar-refractivity contribution in [3.63, 3.8) is 0 Å². The van der Waals surface area contributed by atoms with E-state index < -0.39 is 17.6 Å². The number of amides is 1. The number of halogens is 1. The molecule has 4 rings (SSSR count). The van der Waals surface area contributed by atoms with Crippen LogP contribution < -0.4 is 15.0 Å². The SMILES string of the molecule is COC(=O)C1=C(C)N(c2ccc(F)cc2)/C(=C\c2ccc(OCC(=O)N[C@H](C)c3ccccc3)cc2)C1=O. The van der Waals surface area contributed by atoms with Gasteiger partial charge in [0.25, 0.3) is 5.91 Å². The maximum atomic E-state index is 13.5. The van der Waals surface area contributed by atoms with E-state index in [0.717, 1.165) is 5.56 Å². The summed E-state index contributed by atoms with van der Waals surface area (Å²) >= 11 is 0. The fourth-order valence-electron chi connectivity index (χ4n) is 4.16. The van der Waals surface area contributed by atoms with Gasteiger partial charge in [-0.2, -0.15) is 0 Å². The average molecular weight is 515 g/mol. The molecule has 0 unspecified atom stereocenters. The molecule has 8 heteroatoms. The first-order valence-electron chi connectivity index (χ1n) is 12.0. The normalized spacial score (nSPS) is 15.0. The van der Waals surface area contributed by atoms with Gasteiger partial charge in [-0.05, 0) is 67.4 Å². The van der Waals surface area contributed by atoms with Gasteiger partial charge in [-0.1, -0.05) is 42.5 Å². The number of hydrogen-bond acceptors (Lipinski definition) is 6. The van der Waals surface area contributed by atoms with Crippen LogP contribution >= 0.6 is 0 Å². The lowest BCUT2D eigenvalue weighted by Gasteiger charge is -2.21. The Balaban J connectivity index is 1.48. The molecule has 0 bridgehead atoms. The van der Waals surface area contributed by atoms with Crippen molar-refractivity contribution < 1.29 is 28.2 Å². The standard InChI is InChI=1S/C30H27FN2O5/c1-19(22-7-5-4-6-8-22)32-27(34)18-38-25-15-9-21(10-16-25)17-26-29(35)28(30(36)37-3)20(2)33(26)24-13-11-23(31)12-14-24/h4-17,19H,18H2,1-3H3,(H,32,34)/b26-17-/t19-/m1/s1. The van der Waals surface area contributed by atoms with Gasteiger partial charge in [0.15, 0.2) is 6.61 Å². The number of ether oxygens (including phenoxy) is 2. The Morgan fingerprint density at radius 2 is 1.66 bits per heavy atom. The highest BCUT2D eigenvalue weighted by Crippen LogP contribution is 2.35. The van der Waals surface area contributed by atoms with Crippen molar-refractivity contribution in [2.75, 3.05) is 18.6 Å². The lowest BCUT2D eigenvalue weighted by Crippen LogP contribution is -2.31. The second-order valence-electron chi connectivity index (χ2n) is 8.68. The molecular formula is C30H27FN2O5. The highest BCUT2D eigenvalue weighted by molar-refractivity contribution is 6.30. The van der Waals surface area contributed by atoms with E-state index in [2.05, 4.69) is 5.32 Å². The number of rotatable bonds is 8. The Hall–Kier alpha value is -4.72. The van der Waals surface area contributed by atoms with E-state index in [1.165, 1.54) is 31.4 Å². The fraction of sp³-hybridized carbons (Fsp3) is 0.167. The number of nitrogens with one attached hydrogen (secondary N) is 1. The maximum absolute atomic E-state index is 13.5. The van der Waals surface area contributed by atoms with Gasteiger partial charge in [0.05, 0.1) is 18.8 Å². The van der Waals surface area contributed by atoms with Crippen LogP contribution in [0, 0.1) is 5.82 Å². The van der Waals surface area contributed by atoms with Gasteiger partial charge in [0.1, 0.15) is 17.1 Å². The molecule has 0 aromatic heterocycles. The minimum absolute atomic E-state index is 0.0845. The lowest BCUT2D eigenvalue weighted by molar-refractivity contribution is -0.137. The number of ketones is 1. The van der Waals surface area contributed by atoms with Crippen LogP contribution in [0.5, 0.6) is 5.75 Å². The Morgan fingerprint density at radius 3 is 2.29 bits per heavy atom. The zero-order chi connectivity index (χ0) is 27.2. The van der Waals surface area contributed by atoms with Crippen molar-refractivity contribution >= 4 is 29.4 Å². The monoisotopic (exact) mass is 514 g/mol. The highest BCUT2D eigenvalue weighted by atomic mass is 19.1. The molecule has 7 nitrogen and oxygen atoms in total. The number of esters is 1. The molecule has 0 radical (unpaired) electrons. The molecule has 3 aromatic rings. The van der Waals surface area contributed by atoms with Crippen molar-refractivity contribution in [3.05, 3.63) is 113 Å². The Kier molecular flexibility index (Phi) is 8.01. The van der Waals surface area contributed by atoms with Gasteiger partial charge in [-0.15, -0.1) is 0 Å². The molecule has 3 aromatic carbocycles. The van der Waals surface area contributed by atoms with E-state index in [9.17, 15) is 18.8 Å². The second kappa shape index (κ2) is 11.6. The van der Waals surface area contributed by atoms with Crippen molar-refractivity contribution in [1.29, 1.82) is 0 Å². The van der Waals surface area contributed by atoms with Gasteiger partial charge >= 0.3 is 5.97 Å². The minimum Gasteiger partial charge on any atom is -0.484 e. The molecule has 1 N–H and O–H groups in total. The van der Waals surface area contributed by atoms with Gasteiger partial charge in [-0.25, -0.2) is 9.18 Å². The molecule has 194 valence electrons. The summed E-state index contributed by atoms with van der Waals surface area (Å²) in [7, 11) is 1.21. The molecule has 1 aliphatic rings. The van der Waals surface area contributed by atoms with E-state index >= 15 is 0 Å². The van der Waals surface area contributed by atoms with Crippen LogP contribution in [-0.4, -0.2) is 31.4 Å². The number of allylic oxidation sites excluding steroid dienone is 2. The van der Waals surface area contributed by atoms with Crippen molar-refractivity contribution in [3.8, 4) is 5.75 Å². The topological polar surface area (TPSA) is 84.9 Å². The van der Waals surface area contributed by atoms with E-state index in [-0.39, 0.29) is 29.8 Å². The molecule has 1 atom stereocenters. The predicted molar refractivity (Wildman–Crippen MR) is 142 cm³/mol. The Labute approximate surface area is 220 Å². The van der Waals surface area contributed by atoms with Gasteiger partial charge in [-0.3, -0.25) is 9.59 Å². The summed E-state index contributed by atoms with van der Waals surface area (Å²) in [5.41, 5.74) is 2.70. The highest BCUT2D eigenvalue weighted by Gasteiger charge is 2.38. The van der Waals surface area contributed by atoms with Crippen LogP contribution in [0.4, 0.5) is 10.1 Å².